The van der Waals surface area contributed by atoms with Crippen molar-refractivity contribution in [3.63, 3.8) is 0 Å². The molecular weight excluding hydrogens is 875 g/mol. The van der Waals surface area contributed by atoms with E-state index in [1.807, 2.05) is 9.13 Å². The highest BCUT2D eigenvalue weighted by atomic mass is 19.1. The second-order valence-corrected chi connectivity index (χ2v) is 17.9. The topological polar surface area (TPSA) is 199 Å². The summed E-state index contributed by atoms with van der Waals surface area (Å²) in [5.41, 5.74) is 3.37. The molecular formula is C50H58F2N10O6. The first-order chi connectivity index (χ1) is 32.7. The number of fused-ring (bicyclic) bond motifs is 2. The van der Waals surface area contributed by atoms with Gasteiger partial charge in [-0.05, 0) is 113 Å². The van der Waals surface area contributed by atoms with Crippen molar-refractivity contribution in [3.05, 3.63) is 108 Å². The number of aromatic hydroxyl groups is 2. The summed E-state index contributed by atoms with van der Waals surface area (Å²) in [7, 11) is 3.33. The number of amides is 4. The van der Waals surface area contributed by atoms with E-state index in [0.717, 1.165) is 11.1 Å². The lowest BCUT2D eigenvalue weighted by molar-refractivity contribution is -0.137. The Morgan fingerprint density at radius 2 is 1.00 bits per heavy atom. The molecule has 0 aliphatic carbocycles. The van der Waals surface area contributed by atoms with Crippen LogP contribution in [0.15, 0.2) is 84.9 Å². The molecule has 0 saturated carbocycles. The van der Waals surface area contributed by atoms with Gasteiger partial charge in [0.2, 0.25) is 23.6 Å². The Bertz CT molecular complexity index is 2610. The number of rotatable bonds is 17. The molecule has 0 bridgehead atoms. The van der Waals surface area contributed by atoms with Gasteiger partial charge in [0.1, 0.15) is 35.2 Å². The Morgan fingerprint density at radius 3 is 1.37 bits per heavy atom. The van der Waals surface area contributed by atoms with Crippen molar-refractivity contribution in [2.75, 3.05) is 27.2 Å². The summed E-state index contributed by atoms with van der Waals surface area (Å²) in [5.74, 6) is -1.36. The lowest BCUT2D eigenvalue weighted by atomic mass is 10.0. The number of nitrogens with zero attached hydrogens (tertiary/aromatic N) is 6. The van der Waals surface area contributed by atoms with Gasteiger partial charge in [-0.2, -0.15) is 0 Å². The van der Waals surface area contributed by atoms with Crippen molar-refractivity contribution in [3.8, 4) is 23.1 Å². The van der Waals surface area contributed by atoms with Crippen molar-refractivity contribution < 1.29 is 38.2 Å². The highest BCUT2D eigenvalue weighted by Gasteiger charge is 2.38. The van der Waals surface area contributed by atoms with Gasteiger partial charge >= 0.3 is 0 Å². The first-order valence-electron chi connectivity index (χ1n) is 23.1. The third-order valence-electron chi connectivity index (χ3n) is 13.4. The molecule has 18 heteroatoms. The Labute approximate surface area is 392 Å². The normalized spacial score (nSPS) is 17.9. The minimum Gasteiger partial charge on any atom is -0.508 e. The minimum atomic E-state index is -0.923. The van der Waals surface area contributed by atoms with Crippen LogP contribution in [0.5, 0.6) is 11.5 Å². The number of phenols is 2. The van der Waals surface area contributed by atoms with Crippen LogP contribution in [0, 0.1) is 11.6 Å². The van der Waals surface area contributed by atoms with Gasteiger partial charge in [-0.25, -0.2) is 18.7 Å². The summed E-state index contributed by atoms with van der Waals surface area (Å²) in [6.07, 6.45) is 2.98. The monoisotopic (exact) mass is 932 g/mol. The summed E-state index contributed by atoms with van der Waals surface area (Å²) in [6.45, 7) is 4.72. The van der Waals surface area contributed by atoms with Gasteiger partial charge in [-0.15, -0.1) is 0 Å². The molecule has 2 fully saturated rings. The van der Waals surface area contributed by atoms with E-state index < -0.39 is 35.8 Å². The van der Waals surface area contributed by atoms with Crippen LogP contribution in [0.4, 0.5) is 8.78 Å². The van der Waals surface area contributed by atoms with Gasteiger partial charge in [0, 0.05) is 63.2 Å². The van der Waals surface area contributed by atoms with E-state index in [9.17, 15) is 38.2 Å². The van der Waals surface area contributed by atoms with Gasteiger partial charge < -0.3 is 50.4 Å². The average Bonchev–Trinajstić information content (AvgIpc) is 4.15. The Hall–Kier alpha value is -6.92. The van der Waals surface area contributed by atoms with Gasteiger partial charge in [0.15, 0.2) is 11.6 Å². The van der Waals surface area contributed by atoms with Crippen LogP contribution in [0.1, 0.15) is 50.7 Å². The van der Waals surface area contributed by atoms with Crippen LogP contribution >= 0.6 is 0 Å². The number of hydrogen-bond donors (Lipinski definition) is 6. The van der Waals surface area contributed by atoms with Crippen molar-refractivity contribution in [1.29, 1.82) is 0 Å². The predicted octanol–water partition coefficient (Wildman–Crippen LogP) is 4.40. The van der Waals surface area contributed by atoms with Crippen molar-refractivity contribution in [2.45, 2.75) is 102 Å². The van der Waals surface area contributed by atoms with Crippen LogP contribution in [0.2, 0.25) is 0 Å². The number of likely N-dealkylation sites (tertiary alicyclic amines) is 2. The number of aromatic nitrogens is 4. The molecule has 2 aromatic heterocycles. The maximum absolute atomic E-state index is 15.0. The van der Waals surface area contributed by atoms with Gasteiger partial charge in [-0.3, -0.25) is 19.2 Å². The van der Waals surface area contributed by atoms with Crippen LogP contribution in [0.3, 0.4) is 0 Å². The van der Waals surface area contributed by atoms with Crippen LogP contribution < -0.4 is 21.3 Å². The number of benzene rings is 4. The lowest BCUT2D eigenvalue weighted by Crippen LogP contribution is -2.54. The molecule has 6 aromatic rings. The summed E-state index contributed by atoms with van der Waals surface area (Å²) in [5, 5.41) is 31.6. The van der Waals surface area contributed by atoms with Gasteiger partial charge in [0.05, 0.1) is 34.2 Å². The standard InChI is InChI=1S/C50H58F2N10O6/c1-29(53-3)47(65)57-41(23-31-9-15-37(63)16-10-31)49(67)59-21-5-7-35(59)27-61-43-19-13-33(51)25-39(43)55-45(61)46-56-40-26-34(52)14-20-44(40)62(46)28-36-8-6-22-60(36)50(68)42(58-48(66)30(2)54-4)24-32-11-17-38(64)18-12-32/h9-20,25-26,29-30,35-36,41-42,53-54,63-64H,5-8,21-24,27-28H2,1-4H3,(H,57,65)(H,58,66)/t29-,30-,35+,36+,41-,42-/m1/s1. The molecule has 8 rings (SSSR count). The number of hydrogen-bond acceptors (Lipinski definition) is 10. The van der Waals surface area contributed by atoms with Crippen molar-refractivity contribution in [2.24, 2.45) is 0 Å². The molecule has 358 valence electrons. The maximum Gasteiger partial charge on any atom is 0.245 e. The first kappa shape index (κ1) is 47.6. The second kappa shape index (κ2) is 20.5. The molecule has 0 unspecified atom stereocenters. The summed E-state index contributed by atoms with van der Waals surface area (Å²) >= 11 is 0. The molecule has 0 spiro atoms. The largest absolute Gasteiger partial charge is 0.508 e. The molecule has 6 atom stereocenters. The van der Waals surface area contributed by atoms with E-state index in [4.69, 9.17) is 9.97 Å². The highest BCUT2D eigenvalue weighted by Crippen LogP contribution is 2.33. The van der Waals surface area contributed by atoms with E-state index in [-0.39, 0.29) is 73.1 Å². The van der Waals surface area contributed by atoms with Gasteiger partial charge in [0.25, 0.3) is 0 Å². The molecule has 4 amide bonds. The summed E-state index contributed by atoms with van der Waals surface area (Å²) < 4.78 is 33.8. The summed E-state index contributed by atoms with van der Waals surface area (Å²) in [6, 6.07) is 17.9. The number of nitrogens with one attached hydrogen (secondary N) is 4. The Kier molecular flexibility index (Phi) is 14.4. The van der Waals surface area contributed by atoms with E-state index in [0.29, 0.717) is 72.5 Å². The zero-order valence-corrected chi connectivity index (χ0v) is 38.6. The lowest BCUT2D eigenvalue weighted by Gasteiger charge is -2.31. The Balaban J connectivity index is 1.14. The second-order valence-electron chi connectivity index (χ2n) is 17.9. The minimum absolute atomic E-state index is 0.0797. The summed E-state index contributed by atoms with van der Waals surface area (Å²) in [4.78, 5) is 69.3. The number of carbonyl (C=O) groups is 4. The molecule has 0 radical (unpaired) electrons. The van der Waals surface area contributed by atoms with Crippen LogP contribution in [-0.4, -0.2) is 126 Å². The Morgan fingerprint density at radius 1 is 0.618 bits per heavy atom. The number of carbonyl (C=O) groups excluding carboxylic acids is 4. The number of halogens is 2. The highest BCUT2D eigenvalue weighted by molar-refractivity contribution is 5.91. The molecule has 4 heterocycles. The SMILES string of the molecule is CN[C@H](C)C(=O)N[C@H](Cc1ccc(O)cc1)C(=O)N1CCC[C@H]1Cn1c(-c2nc3cc(F)ccc3n2C[C@@H]2CCCN2C(=O)[C@@H](Cc2ccc(O)cc2)NC(=O)[C@@H](C)NC)nc2cc(F)ccc21. The first-order valence-corrected chi connectivity index (χ1v) is 23.1. The average molecular weight is 933 g/mol. The molecule has 2 aliphatic heterocycles. The number of phenolic OH excluding ortho intramolecular Hbond substituents is 2. The zero-order chi connectivity index (χ0) is 48.2. The molecule has 68 heavy (non-hydrogen) atoms. The van der Waals surface area contributed by atoms with Gasteiger partial charge in [-0.1, -0.05) is 24.3 Å². The fraction of sp³-hybridized carbons (Fsp3) is 0.400. The quantitative estimate of drug-likeness (QED) is 0.0763. The molecule has 16 nitrogen and oxygen atoms in total. The van der Waals surface area contributed by atoms with E-state index >= 15 is 0 Å². The maximum atomic E-state index is 15.0. The zero-order valence-electron chi connectivity index (χ0n) is 38.6. The van der Waals surface area contributed by atoms with Crippen LogP contribution in [-0.2, 0) is 45.1 Å². The fourth-order valence-corrected chi connectivity index (χ4v) is 9.36. The molecule has 2 aliphatic rings. The fourth-order valence-electron chi connectivity index (χ4n) is 9.36. The molecule has 2 saturated heterocycles. The smallest absolute Gasteiger partial charge is 0.245 e. The molecule has 4 aromatic carbocycles. The van der Waals surface area contributed by atoms with Crippen molar-refractivity contribution in [1.82, 2.24) is 50.2 Å². The molecule has 6 N–H and O–H groups in total. The number of likely N-dealkylation sites (N-methyl/N-ethyl adjacent to an activating group) is 2. The van der Waals surface area contributed by atoms with Crippen LogP contribution in [0.25, 0.3) is 33.7 Å². The third-order valence-corrected chi connectivity index (χ3v) is 13.4. The third kappa shape index (κ3) is 10.3. The van der Waals surface area contributed by atoms with E-state index in [1.54, 1.807) is 74.1 Å². The van der Waals surface area contributed by atoms with E-state index in [1.165, 1.54) is 48.5 Å². The number of imidazole rings is 2. The predicted molar refractivity (Wildman–Crippen MR) is 252 cm³/mol. The van der Waals surface area contributed by atoms with Crippen molar-refractivity contribution >= 4 is 45.7 Å². The van der Waals surface area contributed by atoms with E-state index in [2.05, 4.69) is 21.3 Å².